The summed E-state index contributed by atoms with van der Waals surface area (Å²) in [7, 11) is 0. The molecule has 0 spiro atoms. The van der Waals surface area contributed by atoms with Gasteiger partial charge >= 0.3 is 0 Å². The lowest BCUT2D eigenvalue weighted by Crippen LogP contribution is -2.36. The zero-order valence-corrected chi connectivity index (χ0v) is 13.2. The molecule has 2 rings (SSSR count). The van der Waals surface area contributed by atoms with Crippen molar-refractivity contribution in [2.45, 2.75) is 32.7 Å². The van der Waals surface area contributed by atoms with Gasteiger partial charge in [-0.05, 0) is 59.9 Å². The molecule has 1 fully saturated rings. The summed E-state index contributed by atoms with van der Waals surface area (Å²) in [6, 6.07) is 6.56. The van der Waals surface area contributed by atoms with Crippen LogP contribution in [0, 0.1) is 6.92 Å². The maximum Gasteiger partial charge on any atom is 0.252 e. The van der Waals surface area contributed by atoms with E-state index in [9.17, 15) is 4.79 Å². The summed E-state index contributed by atoms with van der Waals surface area (Å²) in [4.78, 5) is 14.5. The SMILES string of the molecule is CCN(CCNC(=O)c1ccc(C)cc1Br)C1CC1. The molecule has 1 aromatic rings. The summed E-state index contributed by atoms with van der Waals surface area (Å²) >= 11 is 3.44. The molecule has 0 radical (unpaired) electrons. The summed E-state index contributed by atoms with van der Waals surface area (Å²) in [6.07, 6.45) is 2.62. The molecule has 3 nitrogen and oxygen atoms in total. The number of hydrogen-bond donors (Lipinski definition) is 1. The van der Waals surface area contributed by atoms with Crippen molar-refractivity contribution in [3.8, 4) is 0 Å². The molecule has 1 saturated carbocycles. The number of halogens is 1. The maximum atomic E-state index is 12.1. The lowest BCUT2D eigenvalue weighted by molar-refractivity contribution is 0.0947. The number of carbonyl (C=O) groups excluding carboxylic acids is 1. The number of likely N-dealkylation sites (N-methyl/N-ethyl adjacent to an activating group) is 1. The summed E-state index contributed by atoms with van der Waals surface area (Å²) in [5.41, 5.74) is 1.86. The number of hydrogen-bond acceptors (Lipinski definition) is 2. The van der Waals surface area contributed by atoms with Crippen LogP contribution in [0.1, 0.15) is 35.7 Å². The number of amides is 1. The van der Waals surface area contributed by atoms with Gasteiger partial charge < -0.3 is 5.32 Å². The van der Waals surface area contributed by atoms with Gasteiger partial charge in [0.05, 0.1) is 5.56 Å². The normalized spacial score (nSPS) is 14.7. The molecular formula is C15H21BrN2O. The second-order valence-electron chi connectivity index (χ2n) is 5.10. The van der Waals surface area contributed by atoms with Crippen LogP contribution < -0.4 is 5.32 Å². The van der Waals surface area contributed by atoms with Crippen LogP contribution in [0.3, 0.4) is 0 Å². The Bertz CT molecular complexity index is 457. The van der Waals surface area contributed by atoms with Crippen LogP contribution in [0.4, 0.5) is 0 Å². The first kappa shape index (κ1) is 14.5. The lowest BCUT2D eigenvalue weighted by Gasteiger charge is -2.19. The van der Waals surface area contributed by atoms with Gasteiger partial charge in [0.25, 0.3) is 5.91 Å². The van der Waals surface area contributed by atoms with Gasteiger partial charge in [0, 0.05) is 23.6 Å². The van der Waals surface area contributed by atoms with Gasteiger partial charge in [-0.2, -0.15) is 0 Å². The van der Waals surface area contributed by atoms with Crippen molar-refractivity contribution in [1.82, 2.24) is 10.2 Å². The molecular weight excluding hydrogens is 304 g/mol. The molecule has 0 atom stereocenters. The van der Waals surface area contributed by atoms with Gasteiger partial charge in [0.2, 0.25) is 0 Å². The fourth-order valence-corrected chi connectivity index (χ4v) is 2.92. The van der Waals surface area contributed by atoms with Crippen molar-refractivity contribution in [3.63, 3.8) is 0 Å². The fraction of sp³-hybridized carbons (Fsp3) is 0.533. The van der Waals surface area contributed by atoms with Gasteiger partial charge in [0.15, 0.2) is 0 Å². The zero-order valence-electron chi connectivity index (χ0n) is 11.6. The average Bonchev–Trinajstić information content (AvgIpc) is 3.18. The topological polar surface area (TPSA) is 32.3 Å². The van der Waals surface area contributed by atoms with Crippen molar-refractivity contribution < 1.29 is 4.79 Å². The first-order chi connectivity index (χ1) is 9.11. The Morgan fingerprint density at radius 2 is 2.21 bits per heavy atom. The van der Waals surface area contributed by atoms with Crippen LogP contribution in [-0.4, -0.2) is 36.5 Å². The Hall–Kier alpha value is -0.870. The van der Waals surface area contributed by atoms with E-state index in [4.69, 9.17) is 0 Å². The van der Waals surface area contributed by atoms with E-state index >= 15 is 0 Å². The summed E-state index contributed by atoms with van der Waals surface area (Å²) in [5, 5.41) is 3.00. The molecule has 4 heteroatoms. The van der Waals surface area contributed by atoms with E-state index in [0.29, 0.717) is 12.1 Å². The molecule has 0 saturated heterocycles. The molecule has 1 N–H and O–H groups in total. The molecule has 0 heterocycles. The van der Waals surface area contributed by atoms with Crippen LogP contribution in [0.2, 0.25) is 0 Å². The number of rotatable bonds is 6. The first-order valence-corrected chi connectivity index (χ1v) is 7.69. The minimum absolute atomic E-state index is 0.00118. The van der Waals surface area contributed by atoms with Crippen molar-refractivity contribution in [3.05, 3.63) is 33.8 Å². The highest BCUT2D eigenvalue weighted by Gasteiger charge is 2.27. The first-order valence-electron chi connectivity index (χ1n) is 6.90. The van der Waals surface area contributed by atoms with Crippen molar-refractivity contribution in [2.75, 3.05) is 19.6 Å². The van der Waals surface area contributed by atoms with E-state index < -0.39 is 0 Å². The van der Waals surface area contributed by atoms with Crippen LogP contribution in [0.15, 0.2) is 22.7 Å². The maximum absolute atomic E-state index is 12.1. The Morgan fingerprint density at radius 1 is 1.47 bits per heavy atom. The van der Waals surface area contributed by atoms with Crippen LogP contribution >= 0.6 is 15.9 Å². The third-order valence-electron chi connectivity index (χ3n) is 3.52. The summed E-state index contributed by atoms with van der Waals surface area (Å²) in [5.74, 6) is -0.00118. The molecule has 0 unspecified atom stereocenters. The largest absolute Gasteiger partial charge is 0.351 e. The summed E-state index contributed by atoms with van der Waals surface area (Å²) < 4.78 is 0.861. The second-order valence-corrected chi connectivity index (χ2v) is 5.95. The standard InChI is InChI=1S/C15H21BrN2O/c1-3-18(12-5-6-12)9-8-17-15(19)13-7-4-11(2)10-14(13)16/h4,7,10,12H,3,5-6,8-9H2,1-2H3,(H,17,19). The third-order valence-corrected chi connectivity index (χ3v) is 4.18. The number of nitrogens with zero attached hydrogens (tertiary/aromatic N) is 1. The van der Waals surface area contributed by atoms with Crippen LogP contribution in [0.5, 0.6) is 0 Å². The fourth-order valence-electron chi connectivity index (χ4n) is 2.25. The van der Waals surface area contributed by atoms with E-state index in [1.54, 1.807) is 0 Å². The van der Waals surface area contributed by atoms with Gasteiger partial charge in [-0.25, -0.2) is 0 Å². The minimum atomic E-state index is -0.00118. The molecule has 0 aromatic heterocycles. The van der Waals surface area contributed by atoms with Gasteiger partial charge in [-0.15, -0.1) is 0 Å². The number of benzene rings is 1. The van der Waals surface area contributed by atoms with Gasteiger partial charge in [-0.3, -0.25) is 9.69 Å². The van der Waals surface area contributed by atoms with E-state index in [1.807, 2.05) is 25.1 Å². The van der Waals surface area contributed by atoms with E-state index in [-0.39, 0.29) is 5.91 Å². The average molecular weight is 325 g/mol. The van der Waals surface area contributed by atoms with E-state index in [0.717, 1.165) is 29.2 Å². The van der Waals surface area contributed by atoms with E-state index in [2.05, 4.69) is 33.1 Å². The Labute approximate surface area is 123 Å². The number of aryl methyl sites for hydroxylation is 1. The van der Waals surface area contributed by atoms with Crippen molar-refractivity contribution in [2.24, 2.45) is 0 Å². The molecule has 1 amide bonds. The van der Waals surface area contributed by atoms with Crippen molar-refractivity contribution in [1.29, 1.82) is 0 Å². The van der Waals surface area contributed by atoms with Crippen LogP contribution in [-0.2, 0) is 0 Å². The zero-order chi connectivity index (χ0) is 13.8. The molecule has 1 aromatic carbocycles. The number of carbonyl (C=O) groups is 1. The second kappa shape index (κ2) is 6.53. The molecule has 1 aliphatic rings. The third kappa shape index (κ3) is 4.05. The lowest BCUT2D eigenvalue weighted by atomic mass is 10.1. The minimum Gasteiger partial charge on any atom is -0.351 e. The predicted octanol–water partition coefficient (Wildman–Crippen LogP) is 2.97. The Balaban J connectivity index is 1.83. The molecule has 0 bridgehead atoms. The molecule has 1 aliphatic carbocycles. The quantitative estimate of drug-likeness (QED) is 0.872. The predicted molar refractivity (Wildman–Crippen MR) is 81.5 cm³/mol. The van der Waals surface area contributed by atoms with Crippen LogP contribution in [0.25, 0.3) is 0 Å². The van der Waals surface area contributed by atoms with Gasteiger partial charge in [0.1, 0.15) is 0 Å². The highest BCUT2D eigenvalue weighted by atomic mass is 79.9. The molecule has 19 heavy (non-hydrogen) atoms. The Morgan fingerprint density at radius 3 is 2.79 bits per heavy atom. The highest BCUT2D eigenvalue weighted by Crippen LogP contribution is 2.25. The number of nitrogens with one attached hydrogen (secondary N) is 1. The van der Waals surface area contributed by atoms with Crippen molar-refractivity contribution >= 4 is 21.8 Å². The monoisotopic (exact) mass is 324 g/mol. The van der Waals surface area contributed by atoms with Gasteiger partial charge in [-0.1, -0.05) is 13.0 Å². The molecule has 104 valence electrons. The highest BCUT2D eigenvalue weighted by molar-refractivity contribution is 9.10. The Kier molecular flexibility index (Phi) is 4.99. The smallest absolute Gasteiger partial charge is 0.252 e. The summed E-state index contributed by atoms with van der Waals surface area (Å²) in [6.45, 7) is 6.91. The van der Waals surface area contributed by atoms with E-state index in [1.165, 1.54) is 12.8 Å². The molecule has 0 aliphatic heterocycles.